The lowest BCUT2D eigenvalue weighted by Gasteiger charge is -2.29. The molecule has 1 aliphatic rings. The van der Waals surface area contributed by atoms with Crippen LogP contribution in [0.1, 0.15) is 12.8 Å². The molecule has 1 fully saturated rings. The van der Waals surface area contributed by atoms with Gasteiger partial charge in [0.15, 0.2) is 0 Å². The maximum Gasteiger partial charge on any atom is 0.306 e. The number of nitrogens with zero attached hydrogens (tertiary/aromatic N) is 1. The van der Waals surface area contributed by atoms with Crippen molar-refractivity contribution >= 4 is 21.9 Å². The number of carboxylic acid groups (broad SMARTS) is 1. The number of aliphatic carboxylic acids is 1. The van der Waals surface area contributed by atoms with Crippen LogP contribution in [0, 0.1) is 5.92 Å². The summed E-state index contributed by atoms with van der Waals surface area (Å²) in [6, 6.07) is 0. The zero-order valence-corrected chi connectivity index (χ0v) is 9.09. The van der Waals surface area contributed by atoms with Gasteiger partial charge >= 0.3 is 5.97 Å². The van der Waals surface area contributed by atoms with Crippen LogP contribution < -0.4 is 0 Å². The molecule has 1 aliphatic heterocycles. The highest BCUT2D eigenvalue weighted by Gasteiger charge is 2.23. The van der Waals surface area contributed by atoms with Gasteiger partial charge in [0, 0.05) is 11.0 Å². The van der Waals surface area contributed by atoms with Gasteiger partial charge in [-0.2, -0.15) is 0 Å². The summed E-state index contributed by atoms with van der Waals surface area (Å²) in [4.78, 5) is 12.9. The lowest BCUT2D eigenvalue weighted by atomic mass is 9.97. The van der Waals surface area contributed by atoms with Gasteiger partial charge in [-0.3, -0.25) is 9.69 Å². The van der Waals surface area contributed by atoms with Crippen LogP contribution in [0.4, 0.5) is 0 Å². The number of hydrogen-bond acceptors (Lipinski definition) is 2. The largest absolute Gasteiger partial charge is 0.481 e. The molecule has 0 aromatic rings. The maximum atomic E-state index is 10.6. The summed E-state index contributed by atoms with van der Waals surface area (Å²) in [5, 5.41) is 8.76. The van der Waals surface area contributed by atoms with E-state index in [9.17, 15) is 4.79 Å². The van der Waals surface area contributed by atoms with Crippen molar-refractivity contribution in [2.75, 3.05) is 19.6 Å². The van der Waals surface area contributed by atoms with Gasteiger partial charge in [0.25, 0.3) is 0 Å². The topological polar surface area (TPSA) is 40.5 Å². The van der Waals surface area contributed by atoms with Crippen LogP contribution in [0.15, 0.2) is 11.1 Å². The van der Waals surface area contributed by atoms with Gasteiger partial charge in [0.05, 0.1) is 5.92 Å². The lowest BCUT2D eigenvalue weighted by Crippen LogP contribution is -2.36. The minimum absolute atomic E-state index is 0.139. The van der Waals surface area contributed by atoms with E-state index in [0.29, 0.717) is 0 Å². The fourth-order valence-electron chi connectivity index (χ4n) is 1.58. The van der Waals surface area contributed by atoms with E-state index >= 15 is 0 Å². The van der Waals surface area contributed by atoms with Crippen molar-refractivity contribution in [2.45, 2.75) is 12.8 Å². The Morgan fingerprint density at radius 1 is 1.54 bits per heavy atom. The smallest absolute Gasteiger partial charge is 0.306 e. The zero-order valence-electron chi connectivity index (χ0n) is 7.50. The Morgan fingerprint density at radius 2 is 2.08 bits per heavy atom. The van der Waals surface area contributed by atoms with Crippen LogP contribution in [0.5, 0.6) is 0 Å². The summed E-state index contributed by atoms with van der Waals surface area (Å²) in [5.41, 5.74) is 0. The van der Waals surface area contributed by atoms with Gasteiger partial charge in [0.2, 0.25) is 0 Å². The van der Waals surface area contributed by atoms with Gasteiger partial charge in [-0.25, -0.2) is 0 Å². The Kier molecular flexibility index (Phi) is 3.93. The summed E-state index contributed by atoms with van der Waals surface area (Å²) in [6.45, 7) is 6.31. The first kappa shape index (κ1) is 10.7. The van der Waals surface area contributed by atoms with E-state index in [1.54, 1.807) is 0 Å². The van der Waals surface area contributed by atoms with Crippen LogP contribution in [-0.2, 0) is 4.79 Å². The minimum Gasteiger partial charge on any atom is -0.481 e. The molecule has 13 heavy (non-hydrogen) atoms. The summed E-state index contributed by atoms with van der Waals surface area (Å²) in [7, 11) is 0. The summed E-state index contributed by atoms with van der Waals surface area (Å²) < 4.78 is 0.960. The summed E-state index contributed by atoms with van der Waals surface area (Å²) in [5.74, 6) is -0.794. The maximum absolute atomic E-state index is 10.6. The molecular formula is C9H14BrNO2. The third kappa shape index (κ3) is 3.48. The number of likely N-dealkylation sites (tertiary alicyclic amines) is 1. The fraction of sp³-hybridized carbons (Fsp3) is 0.667. The number of rotatable bonds is 3. The van der Waals surface area contributed by atoms with E-state index in [-0.39, 0.29) is 5.92 Å². The Labute approximate surface area is 86.5 Å². The molecule has 0 unspecified atom stereocenters. The normalized spacial score (nSPS) is 20.1. The van der Waals surface area contributed by atoms with E-state index in [2.05, 4.69) is 27.4 Å². The monoisotopic (exact) mass is 247 g/mol. The zero-order chi connectivity index (χ0) is 9.84. The average molecular weight is 248 g/mol. The van der Waals surface area contributed by atoms with Crippen molar-refractivity contribution in [1.29, 1.82) is 0 Å². The molecule has 4 heteroatoms. The van der Waals surface area contributed by atoms with Crippen molar-refractivity contribution in [1.82, 2.24) is 4.90 Å². The average Bonchev–Trinajstić information content (AvgIpc) is 2.04. The minimum atomic E-state index is -0.655. The number of piperidine rings is 1. The van der Waals surface area contributed by atoms with Crippen LogP contribution in [0.25, 0.3) is 0 Å². The molecule has 1 N–H and O–H groups in total. The van der Waals surface area contributed by atoms with Crippen molar-refractivity contribution in [3.63, 3.8) is 0 Å². The second-order valence-electron chi connectivity index (χ2n) is 3.41. The second kappa shape index (κ2) is 4.77. The fourth-order valence-corrected chi connectivity index (χ4v) is 1.94. The van der Waals surface area contributed by atoms with E-state index in [0.717, 1.165) is 37.0 Å². The number of hydrogen-bond donors (Lipinski definition) is 1. The Balaban J connectivity index is 2.30. The molecule has 1 rings (SSSR count). The van der Waals surface area contributed by atoms with Crippen molar-refractivity contribution in [2.24, 2.45) is 5.92 Å². The van der Waals surface area contributed by atoms with Crippen LogP contribution in [0.2, 0.25) is 0 Å². The second-order valence-corrected chi connectivity index (χ2v) is 4.53. The highest BCUT2D eigenvalue weighted by atomic mass is 79.9. The van der Waals surface area contributed by atoms with Gasteiger partial charge in [-0.1, -0.05) is 22.5 Å². The molecule has 0 bridgehead atoms. The number of carboxylic acids is 1. The molecule has 0 aromatic heterocycles. The van der Waals surface area contributed by atoms with Gasteiger partial charge in [-0.15, -0.1) is 0 Å². The van der Waals surface area contributed by atoms with Crippen molar-refractivity contribution in [3.8, 4) is 0 Å². The molecule has 1 saturated heterocycles. The molecule has 0 radical (unpaired) electrons. The molecule has 1 heterocycles. The SMILES string of the molecule is C=C(Br)CN1CCC(C(=O)O)CC1. The van der Waals surface area contributed by atoms with E-state index in [1.165, 1.54) is 0 Å². The van der Waals surface area contributed by atoms with Gasteiger partial charge < -0.3 is 5.11 Å². The third-order valence-corrected chi connectivity index (χ3v) is 2.58. The van der Waals surface area contributed by atoms with Crippen LogP contribution in [-0.4, -0.2) is 35.6 Å². The first-order chi connectivity index (χ1) is 6.09. The summed E-state index contributed by atoms with van der Waals surface area (Å²) in [6.07, 6.45) is 1.52. The van der Waals surface area contributed by atoms with Gasteiger partial charge in [0.1, 0.15) is 0 Å². The summed E-state index contributed by atoms with van der Waals surface area (Å²) >= 11 is 3.30. The standard InChI is InChI=1S/C9H14BrNO2/c1-7(10)6-11-4-2-8(3-5-11)9(12)13/h8H,1-6H2,(H,12,13). The molecule has 74 valence electrons. The molecule has 3 nitrogen and oxygen atoms in total. The Bertz CT molecular complexity index is 210. The number of carbonyl (C=O) groups is 1. The van der Waals surface area contributed by atoms with Gasteiger partial charge in [-0.05, 0) is 25.9 Å². The van der Waals surface area contributed by atoms with E-state index in [1.807, 2.05) is 0 Å². The lowest BCUT2D eigenvalue weighted by molar-refractivity contribution is -0.143. The highest BCUT2D eigenvalue weighted by Crippen LogP contribution is 2.18. The third-order valence-electron chi connectivity index (χ3n) is 2.33. The molecule has 0 spiro atoms. The molecule has 0 atom stereocenters. The molecule has 0 aliphatic carbocycles. The molecule has 0 aromatic carbocycles. The van der Waals surface area contributed by atoms with Crippen molar-refractivity contribution < 1.29 is 9.90 Å². The van der Waals surface area contributed by atoms with E-state index in [4.69, 9.17) is 5.11 Å². The number of halogens is 1. The predicted octanol–water partition coefficient (Wildman–Crippen LogP) is 1.69. The van der Waals surface area contributed by atoms with Crippen molar-refractivity contribution in [3.05, 3.63) is 11.1 Å². The highest BCUT2D eigenvalue weighted by molar-refractivity contribution is 9.11. The first-order valence-corrected chi connectivity index (χ1v) is 5.17. The molecular weight excluding hydrogens is 234 g/mol. The van der Waals surface area contributed by atoms with Crippen LogP contribution >= 0.6 is 15.9 Å². The Morgan fingerprint density at radius 3 is 2.46 bits per heavy atom. The first-order valence-electron chi connectivity index (χ1n) is 4.38. The Hall–Kier alpha value is -0.350. The van der Waals surface area contributed by atoms with Crippen LogP contribution in [0.3, 0.4) is 0 Å². The predicted molar refractivity (Wildman–Crippen MR) is 54.9 cm³/mol. The molecule has 0 saturated carbocycles. The van der Waals surface area contributed by atoms with E-state index < -0.39 is 5.97 Å². The molecule has 0 amide bonds. The quantitative estimate of drug-likeness (QED) is 0.826.